The average molecular weight is 320 g/mol. The Kier molecular flexibility index (Phi) is 10.4. The molecule has 3 nitrogen and oxygen atoms in total. The van der Waals surface area contributed by atoms with Gasteiger partial charge in [-0.3, -0.25) is 0 Å². The van der Waals surface area contributed by atoms with Gasteiger partial charge in [-0.15, -0.1) is 0 Å². The fourth-order valence-electron chi connectivity index (χ4n) is 0.825. The van der Waals surface area contributed by atoms with Crippen molar-refractivity contribution in [3.63, 3.8) is 0 Å². The van der Waals surface area contributed by atoms with E-state index in [1.807, 2.05) is 0 Å². The van der Waals surface area contributed by atoms with E-state index in [1.54, 1.807) is 0 Å². The zero-order valence-corrected chi connectivity index (χ0v) is 12.8. The van der Waals surface area contributed by atoms with Crippen molar-refractivity contribution in [1.29, 1.82) is 0 Å². The molecule has 0 N–H and O–H groups in total. The summed E-state index contributed by atoms with van der Waals surface area (Å²) in [6.07, 6.45) is 2.97. The predicted octanol–water partition coefficient (Wildman–Crippen LogP) is 2.56. The van der Waals surface area contributed by atoms with E-state index in [4.69, 9.17) is 14.2 Å². The molecule has 0 aliphatic carbocycles. The second kappa shape index (κ2) is 10.5. The van der Waals surface area contributed by atoms with Crippen LogP contribution in [0.15, 0.2) is 9.72 Å². The molecule has 0 rings (SSSR count). The monoisotopic (exact) mass is 321 g/mol. The van der Waals surface area contributed by atoms with Gasteiger partial charge in [-0.2, -0.15) is 0 Å². The Balaban J connectivity index is 4.14. The van der Waals surface area contributed by atoms with Gasteiger partial charge in [-0.1, -0.05) is 0 Å². The van der Waals surface area contributed by atoms with Gasteiger partial charge in [0.15, 0.2) is 0 Å². The number of rotatable bonds is 9. The van der Waals surface area contributed by atoms with Crippen LogP contribution in [-0.2, 0) is 14.2 Å². The van der Waals surface area contributed by atoms with Gasteiger partial charge < -0.3 is 0 Å². The molecule has 0 heterocycles. The average Bonchev–Trinajstić information content (AvgIpc) is 2.26. The zero-order chi connectivity index (χ0) is 11.5. The van der Waals surface area contributed by atoms with E-state index in [-0.39, 0.29) is 0 Å². The van der Waals surface area contributed by atoms with E-state index in [2.05, 4.69) is 20.8 Å². The van der Waals surface area contributed by atoms with Crippen molar-refractivity contribution in [2.75, 3.05) is 19.8 Å². The summed E-state index contributed by atoms with van der Waals surface area (Å²) in [4.78, 5) is 0. The van der Waals surface area contributed by atoms with E-state index in [9.17, 15) is 0 Å². The summed E-state index contributed by atoms with van der Waals surface area (Å²) in [5, 5.41) is 0. The Morgan fingerprint density at radius 1 is 0.800 bits per heavy atom. The van der Waals surface area contributed by atoms with Crippen molar-refractivity contribution in [2.45, 2.75) is 40.0 Å². The molecular weight excluding hydrogens is 299 g/mol. The van der Waals surface area contributed by atoms with E-state index in [0.717, 1.165) is 29.6 Å². The fraction of sp³-hybridized carbons (Fsp3) is 0.818. The quantitative estimate of drug-likeness (QED) is 0.483. The van der Waals surface area contributed by atoms with Crippen molar-refractivity contribution in [1.82, 2.24) is 0 Å². The minimum absolute atomic E-state index is 0.588. The molecule has 0 aliphatic heterocycles. The van der Waals surface area contributed by atoms with Gasteiger partial charge in [0.2, 0.25) is 0 Å². The molecule has 0 unspecified atom stereocenters. The van der Waals surface area contributed by atoms with Crippen LogP contribution in [0.4, 0.5) is 0 Å². The van der Waals surface area contributed by atoms with Gasteiger partial charge in [0.1, 0.15) is 0 Å². The topological polar surface area (TPSA) is 27.7 Å². The maximum atomic E-state index is 5.52. The molecular formula is C11H21O3Sn. The van der Waals surface area contributed by atoms with Crippen LogP contribution in [0.3, 0.4) is 0 Å². The second-order valence-corrected chi connectivity index (χ2v) is 4.46. The third kappa shape index (κ3) is 7.82. The van der Waals surface area contributed by atoms with Crippen LogP contribution in [-0.4, -0.2) is 42.3 Å². The van der Waals surface area contributed by atoms with Crippen LogP contribution in [0.2, 0.25) is 0 Å². The Labute approximate surface area is 106 Å². The standard InChI is InChI=1S/C11H21O3.Sn/c1-4-7-12-10-11(13-8-5-2)14-9-6-3;/h4-9H2,1-3H3;. The molecule has 3 radical (unpaired) electrons. The second-order valence-electron chi connectivity index (χ2n) is 3.16. The third-order valence-electron chi connectivity index (χ3n) is 1.51. The Morgan fingerprint density at radius 3 is 1.60 bits per heavy atom. The summed E-state index contributed by atoms with van der Waals surface area (Å²) < 4.78 is 17.4. The molecule has 0 aliphatic rings. The summed E-state index contributed by atoms with van der Waals surface area (Å²) in [6.45, 7) is 8.34. The van der Waals surface area contributed by atoms with Crippen LogP contribution in [0.5, 0.6) is 0 Å². The predicted molar refractivity (Wildman–Crippen MR) is 61.5 cm³/mol. The van der Waals surface area contributed by atoms with Crippen molar-refractivity contribution < 1.29 is 14.2 Å². The molecule has 87 valence electrons. The number of hydrogen-bond donors (Lipinski definition) is 0. The first-order chi connectivity index (χ1) is 7.26. The van der Waals surface area contributed by atoms with E-state index in [1.165, 1.54) is 22.5 Å². The van der Waals surface area contributed by atoms with Crippen molar-refractivity contribution >= 4 is 22.5 Å². The summed E-state index contributed by atoms with van der Waals surface area (Å²) in [5.74, 6) is 0.588. The summed E-state index contributed by atoms with van der Waals surface area (Å²) >= 11 is 1.20. The molecule has 0 spiro atoms. The molecule has 0 saturated carbocycles. The van der Waals surface area contributed by atoms with Gasteiger partial charge in [0, 0.05) is 0 Å². The first kappa shape index (κ1) is 14.9. The summed E-state index contributed by atoms with van der Waals surface area (Å²) in [6, 6.07) is 0. The number of ether oxygens (including phenoxy) is 3. The summed E-state index contributed by atoms with van der Waals surface area (Å²) in [7, 11) is 0. The van der Waals surface area contributed by atoms with Crippen LogP contribution in [0.25, 0.3) is 0 Å². The molecule has 4 heteroatoms. The third-order valence-corrected chi connectivity index (χ3v) is 2.51. The van der Waals surface area contributed by atoms with Crippen molar-refractivity contribution in [2.24, 2.45) is 0 Å². The van der Waals surface area contributed by atoms with Crippen molar-refractivity contribution in [3.8, 4) is 0 Å². The normalized spacial score (nSPS) is 9.60. The molecule has 0 aromatic heterocycles. The van der Waals surface area contributed by atoms with Gasteiger partial charge in [-0.25, -0.2) is 0 Å². The Morgan fingerprint density at radius 2 is 1.20 bits per heavy atom. The zero-order valence-electron chi connectivity index (χ0n) is 9.97. The maximum absolute atomic E-state index is 5.52. The Bertz CT molecular complexity index is 171. The van der Waals surface area contributed by atoms with Crippen LogP contribution >= 0.6 is 0 Å². The van der Waals surface area contributed by atoms with E-state index >= 15 is 0 Å². The Hall–Kier alpha value is -0.0613. The van der Waals surface area contributed by atoms with Gasteiger partial charge in [0.05, 0.1) is 0 Å². The van der Waals surface area contributed by atoms with Gasteiger partial charge in [-0.05, 0) is 0 Å². The first-order valence-electron chi connectivity index (χ1n) is 5.60. The first-order valence-corrected chi connectivity index (χ1v) is 7.03. The molecule has 0 fully saturated rings. The van der Waals surface area contributed by atoms with Crippen LogP contribution in [0, 0.1) is 0 Å². The number of hydrogen-bond acceptors (Lipinski definition) is 3. The molecule has 0 aromatic carbocycles. The fourth-order valence-corrected chi connectivity index (χ4v) is 1.53. The van der Waals surface area contributed by atoms with Gasteiger partial charge in [0.25, 0.3) is 0 Å². The molecule has 0 bridgehead atoms. The molecule has 0 amide bonds. The van der Waals surface area contributed by atoms with Crippen LogP contribution < -0.4 is 0 Å². The minimum atomic E-state index is 0.588. The van der Waals surface area contributed by atoms with E-state index in [0.29, 0.717) is 19.2 Å². The van der Waals surface area contributed by atoms with Crippen LogP contribution in [0.1, 0.15) is 40.0 Å². The molecule has 0 aromatic rings. The van der Waals surface area contributed by atoms with E-state index < -0.39 is 0 Å². The van der Waals surface area contributed by atoms with Crippen molar-refractivity contribution in [3.05, 3.63) is 9.72 Å². The molecule has 0 saturated heterocycles. The molecule has 0 atom stereocenters. The van der Waals surface area contributed by atoms with Gasteiger partial charge >= 0.3 is 106 Å². The summed E-state index contributed by atoms with van der Waals surface area (Å²) in [5.41, 5.74) is 0. The molecule has 15 heavy (non-hydrogen) atoms. The SMILES string of the molecule is CCCO[C]([Sn])=C(OCCC)OCCC.